The molecule has 0 aromatic rings. The smallest absolute Gasteiger partial charge is 0.326 e. The van der Waals surface area contributed by atoms with E-state index >= 15 is 0 Å². The number of carboxylic acid groups (broad SMARTS) is 1. The normalized spacial score (nSPS) is 20.9. The summed E-state index contributed by atoms with van der Waals surface area (Å²) in [5.74, 6) is -2.02. The molecule has 120 valence electrons. The Hall–Kier alpha value is -1.28. The van der Waals surface area contributed by atoms with Crippen LogP contribution >= 0.6 is 12.6 Å². The molecule has 0 aliphatic carbocycles. The molecule has 1 rings (SSSR count). The van der Waals surface area contributed by atoms with E-state index in [9.17, 15) is 14.4 Å². The van der Waals surface area contributed by atoms with Crippen LogP contribution in [0.15, 0.2) is 0 Å². The fraction of sp³-hybridized carbons (Fsp3) is 0.769. The highest BCUT2D eigenvalue weighted by molar-refractivity contribution is 7.80. The first-order valence-corrected chi connectivity index (χ1v) is 7.67. The van der Waals surface area contributed by atoms with Gasteiger partial charge in [0.2, 0.25) is 11.8 Å². The standard InChI is InChI=1S/C13H23N3O4S/c1-7(2)10(13(19)20)16-12(18)9(6-21)15-11(17)8-4-3-5-14-8/h7-10,14,21H,3-6H2,1-2H3,(H,15,17)(H,16,18)(H,19,20)/t8-,9-,10-/m0/s1. The molecule has 1 aliphatic rings. The molecule has 8 heteroatoms. The van der Waals surface area contributed by atoms with Crippen LogP contribution in [0.25, 0.3) is 0 Å². The molecule has 0 aromatic carbocycles. The number of hydrogen-bond donors (Lipinski definition) is 5. The molecule has 1 saturated heterocycles. The van der Waals surface area contributed by atoms with Crippen LogP contribution in [0.5, 0.6) is 0 Å². The molecular weight excluding hydrogens is 294 g/mol. The van der Waals surface area contributed by atoms with E-state index in [1.807, 2.05) is 0 Å². The van der Waals surface area contributed by atoms with Gasteiger partial charge in [0, 0.05) is 5.75 Å². The molecule has 0 aromatic heterocycles. The van der Waals surface area contributed by atoms with E-state index in [4.69, 9.17) is 5.11 Å². The van der Waals surface area contributed by atoms with Gasteiger partial charge >= 0.3 is 5.97 Å². The van der Waals surface area contributed by atoms with Gasteiger partial charge in [-0.3, -0.25) is 9.59 Å². The van der Waals surface area contributed by atoms with Crippen molar-refractivity contribution in [2.45, 2.75) is 44.8 Å². The molecule has 0 unspecified atom stereocenters. The number of hydrogen-bond acceptors (Lipinski definition) is 5. The molecule has 1 aliphatic heterocycles. The minimum absolute atomic E-state index is 0.106. The average molecular weight is 317 g/mol. The third-order valence-corrected chi connectivity index (χ3v) is 3.79. The van der Waals surface area contributed by atoms with Gasteiger partial charge in [-0.15, -0.1) is 0 Å². The molecule has 0 radical (unpaired) electrons. The number of nitrogens with one attached hydrogen (secondary N) is 3. The molecule has 3 atom stereocenters. The SMILES string of the molecule is CC(C)[C@H](NC(=O)[C@H](CS)NC(=O)[C@@H]1CCCN1)C(=O)O. The second kappa shape index (κ2) is 8.23. The maximum Gasteiger partial charge on any atom is 0.326 e. The molecule has 1 heterocycles. The molecule has 0 spiro atoms. The zero-order chi connectivity index (χ0) is 16.0. The molecule has 4 N–H and O–H groups in total. The van der Waals surface area contributed by atoms with Gasteiger partial charge in [0.25, 0.3) is 0 Å². The van der Waals surface area contributed by atoms with Crippen LogP contribution < -0.4 is 16.0 Å². The minimum Gasteiger partial charge on any atom is -0.480 e. The maximum atomic E-state index is 12.1. The quantitative estimate of drug-likeness (QED) is 0.402. The van der Waals surface area contributed by atoms with Crippen LogP contribution in [-0.4, -0.2) is 53.3 Å². The van der Waals surface area contributed by atoms with Crippen molar-refractivity contribution in [2.75, 3.05) is 12.3 Å². The predicted octanol–water partition coefficient (Wildman–Crippen LogP) is -0.622. The number of carbonyl (C=O) groups excluding carboxylic acids is 2. The van der Waals surface area contributed by atoms with Gasteiger partial charge in [-0.2, -0.15) is 12.6 Å². The highest BCUT2D eigenvalue weighted by atomic mass is 32.1. The lowest BCUT2D eigenvalue weighted by atomic mass is 10.0. The summed E-state index contributed by atoms with van der Waals surface area (Å²) in [6, 6.07) is -2.12. The van der Waals surface area contributed by atoms with Crippen LogP contribution in [-0.2, 0) is 14.4 Å². The summed E-state index contributed by atoms with van der Waals surface area (Å²) in [4.78, 5) is 35.1. The van der Waals surface area contributed by atoms with Crippen molar-refractivity contribution >= 4 is 30.4 Å². The van der Waals surface area contributed by atoms with E-state index in [1.54, 1.807) is 13.8 Å². The Morgan fingerprint density at radius 3 is 2.43 bits per heavy atom. The highest BCUT2D eigenvalue weighted by Gasteiger charge is 2.30. The fourth-order valence-corrected chi connectivity index (χ4v) is 2.40. The number of thiol groups is 1. The van der Waals surface area contributed by atoms with Crippen LogP contribution in [0.2, 0.25) is 0 Å². The highest BCUT2D eigenvalue weighted by Crippen LogP contribution is 2.06. The van der Waals surface area contributed by atoms with Crippen molar-refractivity contribution in [3.63, 3.8) is 0 Å². The van der Waals surface area contributed by atoms with Gasteiger partial charge in [-0.1, -0.05) is 13.8 Å². The van der Waals surface area contributed by atoms with E-state index in [-0.39, 0.29) is 23.6 Å². The average Bonchev–Trinajstić information content (AvgIpc) is 2.94. The second-order valence-corrected chi connectivity index (χ2v) is 5.83. The molecule has 7 nitrogen and oxygen atoms in total. The van der Waals surface area contributed by atoms with E-state index in [0.717, 1.165) is 19.4 Å². The topological polar surface area (TPSA) is 108 Å². The van der Waals surface area contributed by atoms with Gasteiger partial charge in [-0.25, -0.2) is 4.79 Å². The lowest BCUT2D eigenvalue weighted by Crippen LogP contribution is -2.56. The van der Waals surface area contributed by atoms with Gasteiger partial charge < -0.3 is 21.1 Å². The molecule has 0 saturated carbocycles. The molecule has 1 fully saturated rings. The number of carbonyl (C=O) groups is 3. The third-order valence-electron chi connectivity index (χ3n) is 3.42. The lowest BCUT2D eigenvalue weighted by Gasteiger charge is -2.23. The van der Waals surface area contributed by atoms with Crippen molar-refractivity contribution in [1.29, 1.82) is 0 Å². The fourth-order valence-electron chi connectivity index (χ4n) is 2.14. The predicted molar refractivity (Wildman–Crippen MR) is 81.2 cm³/mol. The Bertz CT molecular complexity index is 397. The Labute approximate surface area is 129 Å². The molecule has 0 bridgehead atoms. The number of aliphatic carboxylic acids is 1. The zero-order valence-electron chi connectivity index (χ0n) is 12.3. The van der Waals surface area contributed by atoms with Crippen LogP contribution in [0.3, 0.4) is 0 Å². The lowest BCUT2D eigenvalue weighted by molar-refractivity contribution is -0.143. The van der Waals surface area contributed by atoms with Crippen molar-refractivity contribution in [2.24, 2.45) is 5.92 Å². The number of carboxylic acids is 1. The Morgan fingerprint density at radius 1 is 1.33 bits per heavy atom. The Balaban J connectivity index is 2.59. The summed E-state index contributed by atoms with van der Waals surface area (Å²) in [6.45, 7) is 4.19. The second-order valence-electron chi connectivity index (χ2n) is 5.46. The maximum absolute atomic E-state index is 12.1. The third kappa shape index (κ3) is 5.20. The van der Waals surface area contributed by atoms with Crippen molar-refractivity contribution in [1.82, 2.24) is 16.0 Å². The molecular formula is C13H23N3O4S. The van der Waals surface area contributed by atoms with Gasteiger partial charge in [-0.05, 0) is 25.3 Å². The summed E-state index contributed by atoms with van der Waals surface area (Å²) in [6.07, 6.45) is 1.65. The number of amides is 2. The first kappa shape index (κ1) is 17.8. The summed E-state index contributed by atoms with van der Waals surface area (Å²) >= 11 is 4.05. The summed E-state index contributed by atoms with van der Waals surface area (Å²) in [5, 5.41) is 17.2. The number of rotatable bonds is 7. The van der Waals surface area contributed by atoms with E-state index in [0.29, 0.717) is 0 Å². The first-order valence-electron chi connectivity index (χ1n) is 7.04. The monoisotopic (exact) mass is 317 g/mol. The van der Waals surface area contributed by atoms with E-state index in [1.165, 1.54) is 0 Å². The Morgan fingerprint density at radius 2 is 2.00 bits per heavy atom. The zero-order valence-corrected chi connectivity index (χ0v) is 13.2. The van der Waals surface area contributed by atoms with Crippen molar-refractivity contribution in [3.05, 3.63) is 0 Å². The van der Waals surface area contributed by atoms with Crippen molar-refractivity contribution in [3.8, 4) is 0 Å². The minimum atomic E-state index is -1.10. The Kier molecular flexibility index (Phi) is 6.97. The largest absolute Gasteiger partial charge is 0.480 e. The molecule has 2 amide bonds. The summed E-state index contributed by atoms with van der Waals surface area (Å²) in [7, 11) is 0. The summed E-state index contributed by atoms with van der Waals surface area (Å²) < 4.78 is 0. The summed E-state index contributed by atoms with van der Waals surface area (Å²) in [5.41, 5.74) is 0. The first-order chi connectivity index (χ1) is 9.86. The van der Waals surface area contributed by atoms with Gasteiger partial charge in [0.1, 0.15) is 12.1 Å². The van der Waals surface area contributed by atoms with Crippen LogP contribution in [0, 0.1) is 5.92 Å². The van der Waals surface area contributed by atoms with Crippen LogP contribution in [0.4, 0.5) is 0 Å². The van der Waals surface area contributed by atoms with Crippen molar-refractivity contribution < 1.29 is 19.5 Å². The van der Waals surface area contributed by atoms with Gasteiger partial charge in [0.05, 0.1) is 6.04 Å². The van der Waals surface area contributed by atoms with Crippen LogP contribution in [0.1, 0.15) is 26.7 Å². The van der Waals surface area contributed by atoms with Gasteiger partial charge in [0.15, 0.2) is 0 Å². The van der Waals surface area contributed by atoms with E-state index < -0.39 is 24.0 Å². The molecule has 21 heavy (non-hydrogen) atoms. The van der Waals surface area contributed by atoms with E-state index in [2.05, 4.69) is 28.6 Å².